The molecule has 1 aliphatic rings. The third-order valence-corrected chi connectivity index (χ3v) is 2.95. The lowest BCUT2D eigenvalue weighted by atomic mass is 10.2. The van der Waals surface area contributed by atoms with E-state index in [-0.39, 0.29) is 11.9 Å². The second kappa shape index (κ2) is 4.56. The minimum absolute atomic E-state index is 0.111. The summed E-state index contributed by atoms with van der Waals surface area (Å²) in [7, 11) is 0. The molecule has 1 aromatic heterocycles. The van der Waals surface area contributed by atoms with Crippen molar-refractivity contribution in [2.75, 3.05) is 11.9 Å². The largest absolute Gasteiger partial charge is 0.352 e. The molecule has 6 heteroatoms. The van der Waals surface area contributed by atoms with Gasteiger partial charge in [-0.05, 0) is 18.6 Å². The van der Waals surface area contributed by atoms with E-state index in [4.69, 9.17) is 0 Å². The highest BCUT2D eigenvalue weighted by molar-refractivity contribution is 5.78. The molecule has 1 aromatic carbocycles. The topological polar surface area (TPSA) is 79.8 Å². The Morgan fingerprint density at radius 3 is 2.89 bits per heavy atom. The molecule has 1 atom stereocenters. The molecular formula is C12H13N5O. The van der Waals surface area contributed by atoms with Crippen LogP contribution in [0.3, 0.4) is 0 Å². The van der Waals surface area contributed by atoms with Crippen LogP contribution in [0.1, 0.15) is 12.8 Å². The zero-order valence-electron chi connectivity index (χ0n) is 9.76. The third kappa shape index (κ3) is 2.22. The van der Waals surface area contributed by atoms with Crippen molar-refractivity contribution in [2.24, 2.45) is 0 Å². The van der Waals surface area contributed by atoms with Crippen molar-refractivity contribution in [3.05, 3.63) is 24.3 Å². The fraction of sp³-hybridized carbons (Fsp3) is 0.333. The Balaban J connectivity index is 1.69. The number of hydrogen-bond acceptors (Lipinski definition) is 5. The van der Waals surface area contributed by atoms with E-state index in [0.717, 1.165) is 17.5 Å². The van der Waals surface area contributed by atoms with Crippen LogP contribution in [0.5, 0.6) is 0 Å². The monoisotopic (exact) mass is 243 g/mol. The molecule has 2 N–H and O–H groups in total. The van der Waals surface area contributed by atoms with Gasteiger partial charge in [0.1, 0.15) is 5.52 Å². The van der Waals surface area contributed by atoms with E-state index in [1.54, 1.807) is 0 Å². The first-order valence-electron chi connectivity index (χ1n) is 5.94. The number of para-hydroxylation sites is 1. The molecule has 92 valence electrons. The maximum atomic E-state index is 11.1. The predicted molar refractivity (Wildman–Crippen MR) is 67.0 cm³/mol. The van der Waals surface area contributed by atoms with E-state index in [9.17, 15) is 4.79 Å². The first kappa shape index (κ1) is 10.9. The van der Waals surface area contributed by atoms with Gasteiger partial charge in [-0.25, -0.2) is 4.98 Å². The summed E-state index contributed by atoms with van der Waals surface area (Å²) in [6.45, 7) is 0.631. The second-order valence-electron chi connectivity index (χ2n) is 4.31. The summed E-state index contributed by atoms with van der Waals surface area (Å²) in [5.41, 5.74) is 1.59. The van der Waals surface area contributed by atoms with Crippen molar-refractivity contribution < 1.29 is 4.79 Å². The van der Waals surface area contributed by atoms with Gasteiger partial charge in [-0.3, -0.25) is 4.79 Å². The molecule has 3 rings (SSSR count). The van der Waals surface area contributed by atoms with Crippen LogP contribution in [0, 0.1) is 0 Å². The van der Waals surface area contributed by atoms with Gasteiger partial charge >= 0.3 is 0 Å². The molecule has 18 heavy (non-hydrogen) atoms. The maximum Gasteiger partial charge on any atom is 0.243 e. The van der Waals surface area contributed by atoms with Crippen LogP contribution in [0.2, 0.25) is 0 Å². The molecule has 1 aliphatic heterocycles. The van der Waals surface area contributed by atoms with Crippen LogP contribution >= 0.6 is 0 Å². The van der Waals surface area contributed by atoms with Crippen LogP contribution < -0.4 is 10.6 Å². The Morgan fingerprint density at radius 1 is 1.28 bits per heavy atom. The summed E-state index contributed by atoms with van der Waals surface area (Å²) in [6.07, 6.45) is 1.45. The van der Waals surface area contributed by atoms with Gasteiger partial charge in [0.05, 0.1) is 5.52 Å². The van der Waals surface area contributed by atoms with Gasteiger partial charge in [-0.15, -0.1) is 10.2 Å². The van der Waals surface area contributed by atoms with E-state index < -0.39 is 0 Å². The van der Waals surface area contributed by atoms with Gasteiger partial charge < -0.3 is 10.6 Å². The van der Waals surface area contributed by atoms with Crippen molar-refractivity contribution in [3.8, 4) is 0 Å². The quantitative estimate of drug-likeness (QED) is 0.830. The van der Waals surface area contributed by atoms with Crippen LogP contribution in [0.25, 0.3) is 11.0 Å². The van der Waals surface area contributed by atoms with Crippen molar-refractivity contribution in [2.45, 2.75) is 18.9 Å². The Labute approximate surface area is 104 Å². The van der Waals surface area contributed by atoms with E-state index >= 15 is 0 Å². The van der Waals surface area contributed by atoms with Gasteiger partial charge in [-0.1, -0.05) is 12.1 Å². The average molecular weight is 243 g/mol. The lowest BCUT2D eigenvalue weighted by molar-refractivity contribution is -0.119. The molecule has 2 heterocycles. The molecule has 1 amide bonds. The minimum Gasteiger partial charge on any atom is -0.352 e. The number of anilines is 1. The SMILES string of the molecule is O=C1CCC(CNc2nnc3ccccc3n2)N1. The number of benzene rings is 1. The Kier molecular flexibility index (Phi) is 2.76. The lowest BCUT2D eigenvalue weighted by Crippen LogP contribution is -2.32. The standard InChI is InChI=1S/C12H13N5O/c18-11-6-5-8(14-11)7-13-12-15-9-3-1-2-4-10(9)16-17-12/h1-4,8H,5-7H2,(H,14,18)(H,13,15,17). The molecule has 1 fully saturated rings. The fourth-order valence-electron chi connectivity index (χ4n) is 2.00. The van der Waals surface area contributed by atoms with Crippen LogP contribution in [-0.2, 0) is 4.79 Å². The van der Waals surface area contributed by atoms with Crippen molar-refractivity contribution in [3.63, 3.8) is 0 Å². The number of rotatable bonds is 3. The molecule has 6 nitrogen and oxygen atoms in total. The maximum absolute atomic E-state index is 11.1. The van der Waals surface area contributed by atoms with E-state index in [1.165, 1.54) is 0 Å². The van der Waals surface area contributed by atoms with Gasteiger partial charge in [0.2, 0.25) is 11.9 Å². The number of carbonyl (C=O) groups is 1. The number of amides is 1. The zero-order valence-corrected chi connectivity index (χ0v) is 9.76. The number of fused-ring (bicyclic) bond motifs is 1. The van der Waals surface area contributed by atoms with Gasteiger partial charge in [0.15, 0.2) is 0 Å². The highest BCUT2D eigenvalue weighted by Crippen LogP contribution is 2.10. The summed E-state index contributed by atoms with van der Waals surface area (Å²) in [5.74, 6) is 0.606. The summed E-state index contributed by atoms with van der Waals surface area (Å²) >= 11 is 0. The molecule has 0 aliphatic carbocycles. The Hall–Kier alpha value is -2.24. The molecule has 1 saturated heterocycles. The zero-order chi connectivity index (χ0) is 12.4. The number of aromatic nitrogens is 3. The second-order valence-corrected chi connectivity index (χ2v) is 4.31. The summed E-state index contributed by atoms with van der Waals surface area (Å²) in [6, 6.07) is 7.74. The summed E-state index contributed by atoms with van der Waals surface area (Å²) in [5, 5.41) is 14.1. The van der Waals surface area contributed by atoms with E-state index in [2.05, 4.69) is 25.8 Å². The normalized spacial score (nSPS) is 18.9. The molecule has 0 radical (unpaired) electrons. The van der Waals surface area contributed by atoms with Gasteiger partial charge in [-0.2, -0.15) is 0 Å². The van der Waals surface area contributed by atoms with E-state index in [1.807, 2.05) is 24.3 Å². The molecule has 0 spiro atoms. The van der Waals surface area contributed by atoms with Crippen molar-refractivity contribution in [1.82, 2.24) is 20.5 Å². The smallest absolute Gasteiger partial charge is 0.243 e. The molecule has 1 unspecified atom stereocenters. The molecular weight excluding hydrogens is 230 g/mol. The van der Waals surface area contributed by atoms with E-state index in [0.29, 0.717) is 18.9 Å². The van der Waals surface area contributed by atoms with Crippen molar-refractivity contribution >= 4 is 22.9 Å². The minimum atomic E-state index is 0.111. The summed E-state index contributed by atoms with van der Waals surface area (Å²) in [4.78, 5) is 15.4. The van der Waals surface area contributed by atoms with Crippen LogP contribution in [0.15, 0.2) is 24.3 Å². The Morgan fingerprint density at radius 2 is 2.11 bits per heavy atom. The number of hydrogen-bond donors (Lipinski definition) is 2. The summed E-state index contributed by atoms with van der Waals surface area (Å²) < 4.78 is 0. The lowest BCUT2D eigenvalue weighted by Gasteiger charge is -2.10. The molecule has 0 saturated carbocycles. The van der Waals surface area contributed by atoms with Gasteiger partial charge in [0, 0.05) is 19.0 Å². The highest BCUT2D eigenvalue weighted by atomic mass is 16.1. The highest BCUT2D eigenvalue weighted by Gasteiger charge is 2.20. The Bertz CT molecular complexity index is 585. The van der Waals surface area contributed by atoms with Crippen molar-refractivity contribution in [1.29, 1.82) is 0 Å². The fourth-order valence-corrected chi connectivity index (χ4v) is 2.00. The number of nitrogens with zero attached hydrogens (tertiary/aromatic N) is 3. The number of nitrogens with one attached hydrogen (secondary N) is 2. The predicted octanol–water partition coefficient (Wildman–Crippen LogP) is 0.715. The number of carbonyl (C=O) groups excluding carboxylic acids is 1. The van der Waals surface area contributed by atoms with Crippen LogP contribution in [-0.4, -0.2) is 33.7 Å². The van der Waals surface area contributed by atoms with Crippen LogP contribution in [0.4, 0.5) is 5.95 Å². The average Bonchev–Trinajstić information content (AvgIpc) is 2.82. The third-order valence-electron chi connectivity index (χ3n) is 2.95. The molecule has 2 aromatic rings. The molecule has 0 bridgehead atoms. The first-order valence-corrected chi connectivity index (χ1v) is 5.94. The first-order chi connectivity index (χ1) is 8.81. The van der Waals surface area contributed by atoms with Gasteiger partial charge in [0.25, 0.3) is 0 Å².